The second-order valence-corrected chi connectivity index (χ2v) is 5.51. The molecule has 4 aromatic rings. The van der Waals surface area contributed by atoms with Gasteiger partial charge in [0.2, 0.25) is 0 Å². The molecule has 0 atom stereocenters. The number of rotatable bonds is 3. The van der Waals surface area contributed by atoms with Crippen molar-refractivity contribution in [3.05, 3.63) is 65.6 Å². The molecule has 0 aliphatic carbocycles. The molecule has 3 heterocycles. The maximum atomic E-state index is 14.0. The summed E-state index contributed by atoms with van der Waals surface area (Å²) >= 11 is 5.81. The van der Waals surface area contributed by atoms with Gasteiger partial charge in [-0.2, -0.15) is 5.10 Å². The van der Waals surface area contributed by atoms with E-state index in [1.165, 1.54) is 12.4 Å². The molecule has 7 heteroatoms. The second kappa shape index (κ2) is 5.48. The Morgan fingerprint density at radius 3 is 3.04 bits per heavy atom. The molecule has 0 fully saturated rings. The van der Waals surface area contributed by atoms with Gasteiger partial charge in [-0.15, -0.1) is 0 Å². The average molecular weight is 328 g/mol. The molecule has 0 saturated carbocycles. The van der Waals surface area contributed by atoms with Gasteiger partial charge < -0.3 is 4.98 Å². The van der Waals surface area contributed by atoms with Crippen molar-refractivity contribution in [3.8, 4) is 11.3 Å². The number of aromatic nitrogens is 5. The van der Waals surface area contributed by atoms with Crippen LogP contribution in [0.1, 0.15) is 5.56 Å². The van der Waals surface area contributed by atoms with Crippen molar-refractivity contribution in [1.82, 2.24) is 24.7 Å². The predicted molar refractivity (Wildman–Crippen MR) is 85.6 cm³/mol. The normalized spacial score (nSPS) is 11.2. The first-order valence-electron chi connectivity index (χ1n) is 6.96. The van der Waals surface area contributed by atoms with Gasteiger partial charge in [-0.3, -0.25) is 4.68 Å². The molecule has 0 aliphatic rings. The van der Waals surface area contributed by atoms with Gasteiger partial charge in [0.05, 0.1) is 23.5 Å². The maximum absolute atomic E-state index is 14.0. The van der Waals surface area contributed by atoms with Gasteiger partial charge in [0.15, 0.2) is 0 Å². The van der Waals surface area contributed by atoms with Crippen molar-refractivity contribution in [2.45, 2.75) is 6.54 Å². The molecule has 0 amide bonds. The van der Waals surface area contributed by atoms with Crippen molar-refractivity contribution in [2.75, 3.05) is 0 Å². The summed E-state index contributed by atoms with van der Waals surface area (Å²) in [6.07, 6.45) is 6.85. The summed E-state index contributed by atoms with van der Waals surface area (Å²) in [5, 5.41) is 5.31. The molecule has 0 unspecified atom stereocenters. The van der Waals surface area contributed by atoms with Crippen molar-refractivity contribution in [3.63, 3.8) is 0 Å². The van der Waals surface area contributed by atoms with E-state index in [9.17, 15) is 4.39 Å². The van der Waals surface area contributed by atoms with Gasteiger partial charge >= 0.3 is 0 Å². The van der Waals surface area contributed by atoms with E-state index >= 15 is 0 Å². The molecular formula is C16H11ClFN5. The van der Waals surface area contributed by atoms with Gasteiger partial charge in [-0.1, -0.05) is 23.7 Å². The third kappa shape index (κ3) is 2.47. The standard InChI is InChI=1S/C16H11ClFN5/c17-13-3-1-2-10(14(13)18)7-23-8-11(6-22-23)15-12-4-5-19-16(12)21-9-20-15/h1-6,8-9H,7H2,(H,19,20,21). The number of H-pyrrole nitrogens is 1. The molecule has 23 heavy (non-hydrogen) atoms. The van der Waals surface area contributed by atoms with Gasteiger partial charge in [0, 0.05) is 28.9 Å². The Morgan fingerprint density at radius 1 is 1.22 bits per heavy atom. The zero-order chi connectivity index (χ0) is 15.8. The largest absolute Gasteiger partial charge is 0.346 e. The maximum Gasteiger partial charge on any atom is 0.146 e. The predicted octanol–water partition coefficient (Wildman–Crippen LogP) is 3.66. The SMILES string of the molecule is Fc1c(Cl)cccc1Cn1cc(-c2ncnc3[nH]ccc23)cn1. The molecule has 5 nitrogen and oxygen atoms in total. The summed E-state index contributed by atoms with van der Waals surface area (Å²) in [5.41, 5.74) is 2.89. The van der Waals surface area contributed by atoms with E-state index in [-0.39, 0.29) is 5.02 Å². The van der Waals surface area contributed by atoms with E-state index in [0.717, 1.165) is 22.3 Å². The lowest BCUT2D eigenvalue weighted by Crippen LogP contribution is -2.02. The number of nitrogens with zero attached hydrogens (tertiary/aromatic N) is 4. The Bertz CT molecular complexity index is 991. The summed E-state index contributed by atoms with van der Waals surface area (Å²) in [6, 6.07) is 6.85. The fraction of sp³-hybridized carbons (Fsp3) is 0.0625. The zero-order valence-electron chi connectivity index (χ0n) is 11.9. The van der Waals surface area contributed by atoms with Gasteiger partial charge in [0.1, 0.15) is 17.8 Å². The topological polar surface area (TPSA) is 59.4 Å². The van der Waals surface area contributed by atoms with E-state index < -0.39 is 5.82 Å². The Labute approximate surface area is 135 Å². The number of fused-ring (bicyclic) bond motifs is 1. The quantitative estimate of drug-likeness (QED) is 0.624. The smallest absolute Gasteiger partial charge is 0.146 e. The van der Waals surface area contributed by atoms with Crippen molar-refractivity contribution >= 4 is 22.6 Å². The first-order chi connectivity index (χ1) is 11.2. The van der Waals surface area contributed by atoms with Crippen LogP contribution in [0.5, 0.6) is 0 Å². The lowest BCUT2D eigenvalue weighted by atomic mass is 10.2. The number of benzene rings is 1. The number of nitrogens with one attached hydrogen (secondary N) is 1. The highest BCUT2D eigenvalue weighted by Gasteiger charge is 2.11. The van der Waals surface area contributed by atoms with E-state index in [1.807, 2.05) is 18.5 Å². The number of aromatic amines is 1. The second-order valence-electron chi connectivity index (χ2n) is 5.10. The Balaban J connectivity index is 1.69. The van der Waals surface area contributed by atoms with Gasteiger partial charge in [-0.05, 0) is 12.1 Å². The molecular weight excluding hydrogens is 317 g/mol. The third-order valence-electron chi connectivity index (χ3n) is 3.62. The van der Waals surface area contributed by atoms with Crippen molar-refractivity contribution in [2.24, 2.45) is 0 Å². The van der Waals surface area contributed by atoms with Crippen LogP contribution in [0.2, 0.25) is 5.02 Å². The van der Waals surface area contributed by atoms with Crippen LogP contribution in [0.25, 0.3) is 22.3 Å². The summed E-state index contributed by atoms with van der Waals surface area (Å²) in [7, 11) is 0. The zero-order valence-corrected chi connectivity index (χ0v) is 12.6. The molecule has 0 spiro atoms. The molecule has 0 saturated heterocycles. The lowest BCUT2D eigenvalue weighted by Gasteiger charge is -2.04. The van der Waals surface area contributed by atoms with Crippen LogP contribution in [-0.2, 0) is 6.54 Å². The summed E-state index contributed by atoms with van der Waals surface area (Å²) < 4.78 is 15.6. The highest BCUT2D eigenvalue weighted by Crippen LogP contribution is 2.25. The fourth-order valence-corrected chi connectivity index (χ4v) is 2.71. The minimum Gasteiger partial charge on any atom is -0.346 e. The third-order valence-corrected chi connectivity index (χ3v) is 3.92. The van der Waals surface area contributed by atoms with Crippen LogP contribution in [0.15, 0.2) is 49.2 Å². The van der Waals surface area contributed by atoms with E-state index in [1.54, 1.807) is 23.0 Å². The molecule has 1 aromatic carbocycles. The minimum atomic E-state index is -0.415. The molecule has 0 radical (unpaired) electrons. The highest BCUT2D eigenvalue weighted by molar-refractivity contribution is 6.30. The van der Waals surface area contributed by atoms with Gasteiger partial charge in [-0.25, -0.2) is 14.4 Å². The number of halogens is 2. The fourth-order valence-electron chi connectivity index (χ4n) is 2.52. The molecule has 114 valence electrons. The summed E-state index contributed by atoms with van der Waals surface area (Å²) in [5.74, 6) is -0.415. The van der Waals surface area contributed by atoms with Crippen LogP contribution >= 0.6 is 11.6 Å². The molecule has 0 bridgehead atoms. The molecule has 0 aliphatic heterocycles. The van der Waals surface area contributed by atoms with Crippen LogP contribution < -0.4 is 0 Å². The van der Waals surface area contributed by atoms with E-state index in [2.05, 4.69) is 20.1 Å². The summed E-state index contributed by atoms with van der Waals surface area (Å²) in [4.78, 5) is 11.5. The first-order valence-corrected chi connectivity index (χ1v) is 7.34. The van der Waals surface area contributed by atoms with E-state index in [0.29, 0.717) is 12.1 Å². The average Bonchev–Trinajstić information content (AvgIpc) is 3.20. The van der Waals surface area contributed by atoms with Crippen molar-refractivity contribution < 1.29 is 4.39 Å². The first kappa shape index (κ1) is 13.9. The molecule has 3 aromatic heterocycles. The van der Waals surface area contributed by atoms with Crippen LogP contribution in [0.3, 0.4) is 0 Å². The minimum absolute atomic E-state index is 0.111. The Morgan fingerprint density at radius 2 is 2.13 bits per heavy atom. The van der Waals surface area contributed by atoms with E-state index in [4.69, 9.17) is 11.6 Å². The Hall–Kier alpha value is -2.73. The Kier molecular flexibility index (Phi) is 3.31. The van der Waals surface area contributed by atoms with Crippen LogP contribution in [0.4, 0.5) is 4.39 Å². The number of hydrogen-bond donors (Lipinski definition) is 1. The van der Waals surface area contributed by atoms with Gasteiger partial charge in [0.25, 0.3) is 0 Å². The van der Waals surface area contributed by atoms with Crippen molar-refractivity contribution in [1.29, 1.82) is 0 Å². The van der Waals surface area contributed by atoms with Crippen LogP contribution in [0, 0.1) is 5.82 Å². The highest BCUT2D eigenvalue weighted by atomic mass is 35.5. The number of hydrogen-bond acceptors (Lipinski definition) is 3. The molecule has 4 rings (SSSR count). The monoisotopic (exact) mass is 327 g/mol. The van der Waals surface area contributed by atoms with Crippen LogP contribution in [-0.4, -0.2) is 24.7 Å². The molecule has 1 N–H and O–H groups in total. The summed E-state index contributed by atoms with van der Waals surface area (Å²) in [6.45, 7) is 0.299. The lowest BCUT2D eigenvalue weighted by molar-refractivity contribution is 0.585.